The number of amides is 4. The van der Waals surface area contributed by atoms with Gasteiger partial charge in [0.2, 0.25) is 11.8 Å². The molecule has 0 aromatic heterocycles. The van der Waals surface area contributed by atoms with Gasteiger partial charge in [0.25, 0.3) is 0 Å². The van der Waals surface area contributed by atoms with Crippen LogP contribution in [-0.4, -0.2) is 40.3 Å². The minimum Gasteiger partial charge on any atom is -0.277 e. The second-order valence-corrected chi connectivity index (χ2v) is 6.66. The summed E-state index contributed by atoms with van der Waals surface area (Å²) in [6, 6.07) is -0.563. The molecule has 2 fully saturated rings. The number of rotatable bonds is 3. The fourth-order valence-electron chi connectivity index (χ4n) is 2.79. The Hall–Kier alpha value is -1.04. The molecule has 19 heavy (non-hydrogen) atoms. The van der Waals surface area contributed by atoms with Crippen LogP contribution < -0.4 is 5.32 Å². The van der Waals surface area contributed by atoms with Crippen LogP contribution >= 0.6 is 11.8 Å². The zero-order chi connectivity index (χ0) is 14.0. The van der Waals surface area contributed by atoms with E-state index in [0.29, 0.717) is 6.54 Å². The summed E-state index contributed by atoms with van der Waals surface area (Å²) in [6.07, 6.45) is 7.57. The normalized spacial score (nSPS) is 27.4. The number of nitrogens with one attached hydrogen (secondary N) is 1. The van der Waals surface area contributed by atoms with E-state index in [1.54, 1.807) is 18.7 Å². The van der Waals surface area contributed by atoms with Crippen LogP contribution in [0.15, 0.2) is 0 Å². The van der Waals surface area contributed by atoms with Crippen LogP contribution in [0.1, 0.15) is 39.0 Å². The molecular formula is C13H20N2O3S. The van der Waals surface area contributed by atoms with Gasteiger partial charge in [-0.05, 0) is 26.0 Å². The second kappa shape index (κ2) is 5.53. The summed E-state index contributed by atoms with van der Waals surface area (Å²) in [4.78, 5) is 36.6. The smallest absolute Gasteiger partial charge is 0.277 e. The third-order valence-electron chi connectivity index (χ3n) is 4.15. The van der Waals surface area contributed by atoms with E-state index in [0.717, 1.165) is 25.7 Å². The molecule has 106 valence electrons. The summed E-state index contributed by atoms with van der Waals surface area (Å²) in [5.74, 6) is -1.62. The van der Waals surface area contributed by atoms with Crippen molar-refractivity contribution in [2.45, 2.75) is 43.8 Å². The molecule has 1 heterocycles. The van der Waals surface area contributed by atoms with Crippen molar-refractivity contribution >= 4 is 29.6 Å². The molecule has 0 spiro atoms. The average Bonchev–Trinajstić information content (AvgIpc) is 2.42. The first-order valence-electron chi connectivity index (χ1n) is 6.70. The maximum Gasteiger partial charge on any atom is 0.330 e. The molecule has 0 aromatic rings. The van der Waals surface area contributed by atoms with Gasteiger partial charge in [-0.1, -0.05) is 19.3 Å². The quantitative estimate of drug-likeness (QED) is 0.802. The number of hydrogen-bond donors (Lipinski definition) is 1. The van der Waals surface area contributed by atoms with E-state index < -0.39 is 17.9 Å². The van der Waals surface area contributed by atoms with Crippen LogP contribution in [0.4, 0.5) is 4.79 Å². The maximum absolute atomic E-state index is 12.1. The van der Waals surface area contributed by atoms with Gasteiger partial charge >= 0.3 is 6.03 Å². The summed E-state index contributed by atoms with van der Waals surface area (Å²) >= 11 is 1.73. The van der Waals surface area contributed by atoms with Crippen molar-refractivity contribution in [3.63, 3.8) is 0 Å². The third-order valence-corrected chi connectivity index (χ3v) is 5.55. The predicted octanol–water partition coefficient (Wildman–Crippen LogP) is 1.77. The third kappa shape index (κ3) is 2.78. The number of urea groups is 1. The zero-order valence-electron chi connectivity index (χ0n) is 11.4. The lowest BCUT2D eigenvalue weighted by Crippen LogP contribution is -2.60. The van der Waals surface area contributed by atoms with Crippen LogP contribution in [0.2, 0.25) is 0 Å². The Balaban J connectivity index is 2.14. The number of thioether (sulfide) groups is 1. The number of hydrogen-bond acceptors (Lipinski definition) is 4. The van der Waals surface area contributed by atoms with Gasteiger partial charge in [0.05, 0.1) is 0 Å². The van der Waals surface area contributed by atoms with Crippen molar-refractivity contribution in [2.75, 3.05) is 12.8 Å². The van der Waals surface area contributed by atoms with Crippen LogP contribution in [0, 0.1) is 5.92 Å². The topological polar surface area (TPSA) is 66.5 Å². The number of nitrogens with zero attached hydrogens (tertiary/aromatic N) is 1. The average molecular weight is 284 g/mol. The minimum atomic E-state index is -0.764. The van der Waals surface area contributed by atoms with E-state index in [-0.39, 0.29) is 10.7 Å². The van der Waals surface area contributed by atoms with Gasteiger partial charge in [-0.15, -0.1) is 0 Å². The van der Waals surface area contributed by atoms with Gasteiger partial charge in [-0.2, -0.15) is 11.8 Å². The zero-order valence-corrected chi connectivity index (χ0v) is 12.2. The molecule has 0 bridgehead atoms. The van der Waals surface area contributed by atoms with Gasteiger partial charge in [0.1, 0.15) is 5.92 Å². The highest BCUT2D eigenvalue weighted by Crippen LogP contribution is 2.39. The fourth-order valence-corrected chi connectivity index (χ4v) is 3.74. The van der Waals surface area contributed by atoms with Crippen LogP contribution in [0.25, 0.3) is 0 Å². The highest BCUT2D eigenvalue weighted by Gasteiger charge is 2.42. The molecule has 1 saturated heterocycles. The number of carbonyl (C=O) groups is 3. The highest BCUT2D eigenvalue weighted by atomic mass is 32.2. The van der Waals surface area contributed by atoms with Gasteiger partial charge in [-0.25, -0.2) is 4.79 Å². The predicted molar refractivity (Wildman–Crippen MR) is 73.7 cm³/mol. The van der Waals surface area contributed by atoms with Crippen LogP contribution in [0.5, 0.6) is 0 Å². The molecule has 1 aliphatic carbocycles. The minimum absolute atomic E-state index is 0.0364. The summed E-state index contributed by atoms with van der Waals surface area (Å²) in [6.45, 7) is 1.96. The molecule has 5 nitrogen and oxygen atoms in total. The van der Waals surface area contributed by atoms with E-state index in [9.17, 15) is 14.4 Å². The molecule has 1 unspecified atom stereocenters. The first-order valence-corrected chi connectivity index (χ1v) is 7.93. The first-order chi connectivity index (χ1) is 8.99. The Kier molecular flexibility index (Phi) is 4.18. The van der Waals surface area contributed by atoms with Crippen molar-refractivity contribution in [1.29, 1.82) is 0 Å². The molecule has 4 amide bonds. The fraction of sp³-hybridized carbons (Fsp3) is 0.769. The second-order valence-electron chi connectivity index (χ2n) is 5.39. The molecule has 2 rings (SSSR count). The lowest BCUT2D eigenvalue weighted by molar-refractivity contribution is -0.142. The van der Waals surface area contributed by atoms with Gasteiger partial charge in [0.15, 0.2) is 0 Å². The Morgan fingerprint density at radius 2 is 1.89 bits per heavy atom. The van der Waals surface area contributed by atoms with Crippen molar-refractivity contribution in [2.24, 2.45) is 5.92 Å². The monoisotopic (exact) mass is 284 g/mol. The largest absolute Gasteiger partial charge is 0.330 e. The standard InChI is InChI=1S/C13H20N2O3S/c1-9-10(16)14-12(18)15(11(9)17)8-13(19-2)6-4-3-5-7-13/h9H,3-8H2,1-2H3,(H,14,16,18). The number of carbonyl (C=O) groups excluding carboxylic acids is 3. The summed E-state index contributed by atoms with van der Waals surface area (Å²) in [7, 11) is 0. The number of imide groups is 2. The Morgan fingerprint density at radius 1 is 1.26 bits per heavy atom. The van der Waals surface area contributed by atoms with Gasteiger partial charge in [-0.3, -0.25) is 19.8 Å². The Bertz CT molecular complexity index is 405. The Labute approximate surface area is 117 Å². The molecule has 1 N–H and O–H groups in total. The van der Waals surface area contributed by atoms with Gasteiger partial charge in [0, 0.05) is 11.3 Å². The molecule has 0 aromatic carbocycles. The van der Waals surface area contributed by atoms with E-state index in [2.05, 4.69) is 5.32 Å². The molecular weight excluding hydrogens is 264 g/mol. The van der Waals surface area contributed by atoms with E-state index in [1.807, 2.05) is 6.26 Å². The van der Waals surface area contributed by atoms with Crippen molar-refractivity contribution in [3.8, 4) is 0 Å². The molecule has 6 heteroatoms. The maximum atomic E-state index is 12.1. The van der Waals surface area contributed by atoms with Crippen LogP contribution in [0.3, 0.4) is 0 Å². The van der Waals surface area contributed by atoms with Crippen molar-refractivity contribution < 1.29 is 14.4 Å². The Morgan fingerprint density at radius 3 is 2.47 bits per heavy atom. The van der Waals surface area contributed by atoms with Crippen molar-refractivity contribution in [1.82, 2.24) is 10.2 Å². The molecule has 1 saturated carbocycles. The van der Waals surface area contributed by atoms with E-state index in [4.69, 9.17) is 0 Å². The van der Waals surface area contributed by atoms with E-state index >= 15 is 0 Å². The highest BCUT2D eigenvalue weighted by molar-refractivity contribution is 8.00. The molecule has 1 atom stereocenters. The summed E-state index contributed by atoms with van der Waals surface area (Å²) < 4.78 is -0.0364. The SMILES string of the molecule is CSC1(CN2C(=O)NC(=O)C(C)C2=O)CCCCC1. The number of barbiturate groups is 1. The summed E-state index contributed by atoms with van der Waals surface area (Å²) in [5, 5.41) is 2.26. The van der Waals surface area contributed by atoms with Crippen molar-refractivity contribution in [3.05, 3.63) is 0 Å². The lowest BCUT2D eigenvalue weighted by Gasteiger charge is -2.40. The molecule has 1 aliphatic heterocycles. The molecule has 0 radical (unpaired) electrons. The summed E-state index contributed by atoms with van der Waals surface area (Å²) in [5.41, 5.74) is 0. The first kappa shape index (κ1) is 14.4. The van der Waals surface area contributed by atoms with E-state index in [1.165, 1.54) is 11.3 Å². The lowest BCUT2D eigenvalue weighted by atomic mass is 9.87. The molecule has 2 aliphatic rings. The van der Waals surface area contributed by atoms with Crippen LogP contribution in [-0.2, 0) is 9.59 Å². The van der Waals surface area contributed by atoms with Gasteiger partial charge < -0.3 is 0 Å².